The Morgan fingerprint density at radius 1 is 1.05 bits per heavy atom. The Bertz CT molecular complexity index is 637. The first kappa shape index (κ1) is 16.1. The Labute approximate surface area is 132 Å². The highest BCUT2D eigenvalue weighted by Crippen LogP contribution is 2.19. The monoisotopic (exact) mass is 297 g/mol. The first-order valence-electron chi connectivity index (χ1n) is 7.66. The Morgan fingerprint density at radius 2 is 1.68 bits per heavy atom. The zero-order valence-electron chi connectivity index (χ0n) is 13.4. The molecule has 0 unspecified atom stereocenters. The van der Waals surface area contributed by atoms with Crippen molar-refractivity contribution in [2.75, 3.05) is 0 Å². The molecule has 0 saturated heterocycles. The van der Waals surface area contributed by atoms with E-state index in [1.165, 1.54) is 5.56 Å². The lowest BCUT2D eigenvalue weighted by molar-refractivity contribution is -0.128. The minimum absolute atomic E-state index is 0.0750. The predicted octanol–water partition coefficient (Wildman–Crippen LogP) is 3.78. The lowest BCUT2D eigenvalue weighted by Crippen LogP contribution is -2.37. The predicted molar refractivity (Wildman–Crippen MR) is 88.9 cm³/mol. The van der Waals surface area contributed by atoms with E-state index in [1.807, 2.05) is 69.3 Å². The van der Waals surface area contributed by atoms with Gasteiger partial charge in [-0.1, -0.05) is 49.4 Å². The fraction of sp³-hybridized carbons (Fsp3) is 0.316. The number of carbonyl (C=O) groups is 1. The number of amides is 1. The minimum Gasteiger partial charge on any atom is -0.480 e. The van der Waals surface area contributed by atoms with Crippen molar-refractivity contribution >= 4 is 5.91 Å². The summed E-state index contributed by atoms with van der Waals surface area (Å²) < 4.78 is 5.86. The number of carbonyl (C=O) groups excluding carboxylic acids is 1. The third kappa shape index (κ3) is 4.10. The van der Waals surface area contributed by atoms with Crippen LogP contribution >= 0.6 is 0 Å². The van der Waals surface area contributed by atoms with Crippen molar-refractivity contribution in [2.24, 2.45) is 0 Å². The van der Waals surface area contributed by atoms with Crippen LogP contribution < -0.4 is 10.1 Å². The van der Waals surface area contributed by atoms with Gasteiger partial charge in [0.1, 0.15) is 5.75 Å². The van der Waals surface area contributed by atoms with E-state index in [4.69, 9.17) is 4.74 Å². The van der Waals surface area contributed by atoms with Crippen LogP contribution in [0.3, 0.4) is 0 Å². The fourth-order valence-electron chi connectivity index (χ4n) is 2.27. The molecular weight excluding hydrogens is 274 g/mol. The van der Waals surface area contributed by atoms with Crippen molar-refractivity contribution in [1.29, 1.82) is 0 Å². The first-order chi connectivity index (χ1) is 10.6. The molecule has 0 aliphatic carbocycles. The van der Waals surface area contributed by atoms with Crippen molar-refractivity contribution in [3.63, 3.8) is 0 Å². The summed E-state index contributed by atoms with van der Waals surface area (Å²) >= 11 is 0. The van der Waals surface area contributed by atoms with Crippen molar-refractivity contribution in [3.8, 4) is 5.75 Å². The molecule has 0 fully saturated rings. The summed E-state index contributed by atoms with van der Waals surface area (Å²) in [6.07, 6.45) is 0.165. The molecule has 0 aliphatic heterocycles. The number of nitrogens with one attached hydrogen (secondary N) is 1. The molecule has 0 heterocycles. The molecule has 116 valence electrons. The molecule has 0 radical (unpaired) electrons. The van der Waals surface area contributed by atoms with E-state index >= 15 is 0 Å². The summed E-state index contributed by atoms with van der Waals surface area (Å²) in [5.74, 6) is 0.689. The van der Waals surface area contributed by atoms with Gasteiger partial charge in [-0.3, -0.25) is 4.79 Å². The normalized spacial score (nSPS) is 11.8. The second kappa shape index (κ2) is 7.64. The number of aryl methyl sites for hydroxylation is 2. The van der Waals surface area contributed by atoms with Crippen molar-refractivity contribution in [3.05, 3.63) is 65.2 Å². The Morgan fingerprint density at radius 3 is 2.32 bits per heavy atom. The van der Waals surface area contributed by atoms with Crippen LogP contribution in [0.2, 0.25) is 0 Å². The largest absolute Gasteiger partial charge is 0.480 e. The maximum absolute atomic E-state index is 12.3. The number of benzene rings is 2. The van der Waals surface area contributed by atoms with Crippen LogP contribution in [0, 0.1) is 13.8 Å². The van der Waals surface area contributed by atoms with Gasteiger partial charge in [0, 0.05) is 6.54 Å². The molecule has 0 aliphatic rings. The summed E-state index contributed by atoms with van der Waals surface area (Å²) in [4.78, 5) is 12.3. The standard InChI is InChI=1S/C19H23NO2/c1-4-17(22-18-12-8-6-10-15(18)3)19(21)20-13-16-11-7-5-9-14(16)2/h5-12,17H,4,13H2,1-3H3,(H,20,21)/t17-/m0/s1. The summed E-state index contributed by atoms with van der Waals surface area (Å²) in [7, 11) is 0. The summed E-state index contributed by atoms with van der Waals surface area (Å²) in [5.41, 5.74) is 3.34. The van der Waals surface area contributed by atoms with Gasteiger partial charge in [-0.2, -0.15) is 0 Å². The quantitative estimate of drug-likeness (QED) is 0.881. The SMILES string of the molecule is CC[C@H](Oc1ccccc1C)C(=O)NCc1ccccc1C. The van der Waals surface area contributed by atoms with Crippen LogP contribution in [0.1, 0.15) is 30.0 Å². The maximum Gasteiger partial charge on any atom is 0.261 e. The van der Waals surface area contributed by atoms with E-state index < -0.39 is 6.10 Å². The van der Waals surface area contributed by atoms with E-state index in [1.54, 1.807) is 0 Å². The molecule has 3 heteroatoms. The van der Waals surface area contributed by atoms with Gasteiger partial charge in [0.25, 0.3) is 5.91 Å². The molecule has 1 amide bonds. The lowest BCUT2D eigenvalue weighted by Gasteiger charge is -2.19. The minimum atomic E-state index is -0.467. The van der Waals surface area contributed by atoms with E-state index in [0.29, 0.717) is 13.0 Å². The molecule has 22 heavy (non-hydrogen) atoms. The smallest absolute Gasteiger partial charge is 0.261 e. The average Bonchev–Trinajstić information content (AvgIpc) is 2.53. The molecule has 2 rings (SSSR count). The Hall–Kier alpha value is -2.29. The Balaban J connectivity index is 1.98. The molecular formula is C19H23NO2. The van der Waals surface area contributed by atoms with Crippen LogP contribution in [0.15, 0.2) is 48.5 Å². The highest BCUT2D eigenvalue weighted by Gasteiger charge is 2.18. The zero-order chi connectivity index (χ0) is 15.9. The zero-order valence-corrected chi connectivity index (χ0v) is 13.4. The second-order valence-electron chi connectivity index (χ2n) is 5.42. The van der Waals surface area contributed by atoms with Crippen LogP contribution in [0.4, 0.5) is 0 Å². The van der Waals surface area contributed by atoms with Gasteiger partial charge in [-0.25, -0.2) is 0 Å². The van der Waals surface area contributed by atoms with Crippen LogP contribution in [-0.4, -0.2) is 12.0 Å². The molecule has 0 bridgehead atoms. The molecule has 2 aromatic rings. The highest BCUT2D eigenvalue weighted by molar-refractivity contribution is 5.81. The van der Waals surface area contributed by atoms with Gasteiger partial charge in [0.15, 0.2) is 6.10 Å². The average molecular weight is 297 g/mol. The molecule has 2 aromatic carbocycles. The third-order valence-corrected chi connectivity index (χ3v) is 3.74. The number of para-hydroxylation sites is 1. The Kier molecular flexibility index (Phi) is 5.59. The van der Waals surface area contributed by atoms with Gasteiger partial charge >= 0.3 is 0 Å². The van der Waals surface area contributed by atoms with Crippen LogP contribution in [0.25, 0.3) is 0 Å². The molecule has 0 spiro atoms. The van der Waals surface area contributed by atoms with Gasteiger partial charge in [0.05, 0.1) is 0 Å². The van der Waals surface area contributed by atoms with Gasteiger partial charge in [0.2, 0.25) is 0 Å². The summed E-state index contributed by atoms with van der Waals surface area (Å²) in [5, 5.41) is 2.97. The van der Waals surface area contributed by atoms with E-state index in [-0.39, 0.29) is 5.91 Å². The van der Waals surface area contributed by atoms with E-state index in [0.717, 1.165) is 16.9 Å². The molecule has 1 atom stereocenters. The number of rotatable bonds is 6. The number of hydrogen-bond donors (Lipinski definition) is 1. The van der Waals surface area contributed by atoms with Gasteiger partial charge in [-0.15, -0.1) is 0 Å². The molecule has 1 N–H and O–H groups in total. The van der Waals surface area contributed by atoms with Crippen molar-refractivity contribution < 1.29 is 9.53 Å². The number of ether oxygens (including phenoxy) is 1. The van der Waals surface area contributed by atoms with Crippen molar-refractivity contribution in [2.45, 2.75) is 39.8 Å². The molecule has 3 nitrogen and oxygen atoms in total. The van der Waals surface area contributed by atoms with E-state index in [2.05, 4.69) is 5.32 Å². The van der Waals surface area contributed by atoms with Crippen LogP contribution in [-0.2, 0) is 11.3 Å². The van der Waals surface area contributed by atoms with Gasteiger partial charge < -0.3 is 10.1 Å². The molecule has 0 aromatic heterocycles. The van der Waals surface area contributed by atoms with Crippen molar-refractivity contribution in [1.82, 2.24) is 5.32 Å². The second-order valence-corrected chi connectivity index (χ2v) is 5.42. The first-order valence-corrected chi connectivity index (χ1v) is 7.66. The fourth-order valence-corrected chi connectivity index (χ4v) is 2.27. The number of hydrogen-bond acceptors (Lipinski definition) is 2. The van der Waals surface area contributed by atoms with E-state index in [9.17, 15) is 4.79 Å². The summed E-state index contributed by atoms with van der Waals surface area (Å²) in [6, 6.07) is 15.8. The van der Waals surface area contributed by atoms with Crippen LogP contribution in [0.5, 0.6) is 5.75 Å². The molecule has 0 saturated carbocycles. The topological polar surface area (TPSA) is 38.3 Å². The maximum atomic E-state index is 12.3. The lowest BCUT2D eigenvalue weighted by atomic mass is 10.1. The summed E-state index contributed by atoms with van der Waals surface area (Å²) in [6.45, 7) is 6.51. The highest BCUT2D eigenvalue weighted by atomic mass is 16.5. The van der Waals surface area contributed by atoms with Gasteiger partial charge in [-0.05, 0) is 43.0 Å². The third-order valence-electron chi connectivity index (χ3n) is 3.74.